The van der Waals surface area contributed by atoms with Gasteiger partial charge in [0.1, 0.15) is 11.9 Å². The van der Waals surface area contributed by atoms with Crippen LogP contribution in [0.3, 0.4) is 0 Å². The first-order valence-electron chi connectivity index (χ1n) is 10.7. The number of hydrogen-bond acceptors (Lipinski definition) is 6. The zero-order chi connectivity index (χ0) is 25.5. The van der Waals surface area contributed by atoms with Gasteiger partial charge in [0.05, 0.1) is 23.3 Å². The fraction of sp³-hybridized carbons (Fsp3) is 0.409. The molecule has 0 bridgehead atoms. The van der Waals surface area contributed by atoms with E-state index in [0.717, 1.165) is 4.90 Å². The van der Waals surface area contributed by atoms with Crippen LogP contribution >= 0.6 is 11.6 Å². The van der Waals surface area contributed by atoms with Crippen LogP contribution in [0.2, 0.25) is 5.02 Å². The van der Waals surface area contributed by atoms with Gasteiger partial charge in [0.2, 0.25) is 5.84 Å². The van der Waals surface area contributed by atoms with E-state index < -0.39 is 42.5 Å². The van der Waals surface area contributed by atoms with E-state index in [2.05, 4.69) is 11.1 Å². The molecule has 1 aromatic heterocycles. The molecule has 1 amide bonds. The Morgan fingerprint density at radius 3 is 2.49 bits per heavy atom. The maximum Gasteiger partial charge on any atom is 0.449 e. The van der Waals surface area contributed by atoms with Gasteiger partial charge in [-0.2, -0.15) is 18.4 Å². The Kier molecular flexibility index (Phi) is 6.31. The average Bonchev–Trinajstić information content (AvgIpc) is 2.82. The minimum absolute atomic E-state index is 0.110. The van der Waals surface area contributed by atoms with E-state index in [0.29, 0.717) is 26.5 Å². The number of pyridine rings is 1. The van der Waals surface area contributed by atoms with Gasteiger partial charge in [0.15, 0.2) is 5.67 Å². The Balaban J connectivity index is 1.49. The number of benzene rings is 1. The van der Waals surface area contributed by atoms with Crippen molar-refractivity contribution in [1.29, 1.82) is 16.1 Å². The molecule has 2 N–H and O–H groups in total. The predicted molar refractivity (Wildman–Crippen MR) is 122 cm³/mol. The number of amidine groups is 2. The summed E-state index contributed by atoms with van der Waals surface area (Å²) in [5.74, 6) is -3.16. The van der Waals surface area contributed by atoms with E-state index in [1.807, 2.05) is 0 Å². The molecule has 3 heterocycles. The van der Waals surface area contributed by atoms with E-state index in [1.54, 1.807) is 23.1 Å². The summed E-state index contributed by atoms with van der Waals surface area (Å²) in [6.07, 6.45) is -3.89. The second kappa shape index (κ2) is 8.96. The molecule has 184 valence electrons. The van der Waals surface area contributed by atoms with Gasteiger partial charge >= 0.3 is 6.18 Å². The number of amides is 1. The molecular weight excluding hydrogens is 490 g/mol. The third-order valence-corrected chi connectivity index (χ3v) is 6.50. The van der Waals surface area contributed by atoms with Crippen LogP contribution in [0, 0.1) is 22.1 Å². The zero-order valence-corrected chi connectivity index (χ0v) is 19.0. The Morgan fingerprint density at radius 2 is 1.89 bits per heavy atom. The second-order valence-corrected chi connectivity index (χ2v) is 8.85. The summed E-state index contributed by atoms with van der Waals surface area (Å²) in [5, 5.41) is 25.7. The van der Waals surface area contributed by atoms with Gasteiger partial charge in [0, 0.05) is 55.6 Å². The van der Waals surface area contributed by atoms with Crippen molar-refractivity contribution in [3.63, 3.8) is 0 Å². The number of piperidine rings is 1. The first-order chi connectivity index (χ1) is 16.4. The minimum Gasteiger partial charge on any atom is -0.370 e. The first-order valence-corrected chi connectivity index (χ1v) is 11.0. The number of anilines is 1. The highest BCUT2D eigenvalue weighted by Gasteiger charge is 2.47. The van der Waals surface area contributed by atoms with Crippen molar-refractivity contribution >= 4 is 45.8 Å². The smallest absolute Gasteiger partial charge is 0.370 e. The maximum atomic E-state index is 15.7. The standard InChI is InChI=1S/C22H20ClF4N7O/c23-14-1-2-16-15(9-14)18(13(10-28)11-31-16)32-5-3-21(24,4-6-32)20(35)33-7-8-34(17(29)12-33)19(30)22(25,26)27/h1-2,9,11,29-30H,3-8,12H2. The summed E-state index contributed by atoms with van der Waals surface area (Å²) in [6.45, 7) is -0.947. The molecule has 4 rings (SSSR count). The highest BCUT2D eigenvalue weighted by atomic mass is 35.5. The molecule has 2 fully saturated rings. The monoisotopic (exact) mass is 509 g/mol. The van der Waals surface area contributed by atoms with Crippen molar-refractivity contribution in [3.05, 3.63) is 35.0 Å². The Hall–Kier alpha value is -3.46. The lowest BCUT2D eigenvalue weighted by Gasteiger charge is -2.42. The number of nitrogens with one attached hydrogen (secondary N) is 2. The van der Waals surface area contributed by atoms with E-state index >= 15 is 4.39 Å². The summed E-state index contributed by atoms with van der Waals surface area (Å²) >= 11 is 6.13. The zero-order valence-electron chi connectivity index (χ0n) is 18.3. The van der Waals surface area contributed by atoms with Crippen LogP contribution in [0.1, 0.15) is 18.4 Å². The van der Waals surface area contributed by atoms with Crippen molar-refractivity contribution in [3.8, 4) is 6.07 Å². The van der Waals surface area contributed by atoms with Crippen LogP contribution in [0.4, 0.5) is 23.2 Å². The number of aromatic nitrogens is 1. The lowest BCUT2D eigenvalue weighted by Crippen LogP contribution is -2.60. The summed E-state index contributed by atoms with van der Waals surface area (Å²) in [5.41, 5.74) is -0.814. The molecule has 1 aromatic carbocycles. The number of nitrogens with zero attached hydrogens (tertiary/aromatic N) is 5. The topological polar surface area (TPSA) is 111 Å². The van der Waals surface area contributed by atoms with Gasteiger partial charge in [0.25, 0.3) is 5.91 Å². The third kappa shape index (κ3) is 4.60. The average molecular weight is 510 g/mol. The molecule has 0 unspecified atom stereocenters. The predicted octanol–water partition coefficient (Wildman–Crippen LogP) is 3.73. The minimum atomic E-state index is -4.92. The van der Waals surface area contributed by atoms with E-state index in [1.165, 1.54) is 6.20 Å². The van der Waals surface area contributed by atoms with Gasteiger partial charge in [-0.25, -0.2) is 4.39 Å². The van der Waals surface area contributed by atoms with Crippen molar-refractivity contribution in [1.82, 2.24) is 14.8 Å². The van der Waals surface area contributed by atoms with Gasteiger partial charge in [-0.3, -0.25) is 20.6 Å². The molecule has 35 heavy (non-hydrogen) atoms. The van der Waals surface area contributed by atoms with Crippen molar-refractivity contribution in [2.45, 2.75) is 24.7 Å². The quantitative estimate of drug-likeness (QED) is 0.364. The van der Waals surface area contributed by atoms with Gasteiger partial charge in [-0.15, -0.1) is 0 Å². The fourth-order valence-electron chi connectivity index (χ4n) is 4.43. The molecule has 0 aliphatic carbocycles. The number of nitriles is 1. The summed E-state index contributed by atoms with van der Waals surface area (Å²) < 4.78 is 54.2. The molecule has 0 spiro atoms. The molecule has 8 nitrogen and oxygen atoms in total. The molecule has 0 atom stereocenters. The lowest BCUT2D eigenvalue weighted by atomic mass is 9.90. The number of carbonyl (C=O) groups is 1. The highest BCUT2D eigenvalue weighted by Crippen LogP contribution is 2.37. The molecule has 13 heteroatoms. The van der Waals surface area contributed by atoms with Crippen LogP contribution in [-0.2, 0) is 4.79 Å². The third-order valence-electron chi connectivity index (χ3n) is 6.26. The summed E-state index contributed by atoms with van der Waals surface area (Å²) in [7, 11) is 0. The van der Waals surface area contributed by atoms with E-state index in [4.69, 9.17) is 22.4 Å². The normalized spacial score (nSPS) is 18.5. The SMILES string of the molecule is N#Cc1cnc2ccc(Cl)cc2c1N1CCC(F)(C(=O)N2CCN(C(=N)C(F)(F)F)C(=N)C2)CC1. The Labute approximate surface area is 202 Å². The van der Waals surface area contributed by atoms with Crippen molar-refractivity contribution in [2.75, 3.05) is 37.6 Å². The number of hydrogen-bond donors (Lipinski definition) is 2. The van der Waals surface area contributed by atoms with Gasteiger partial charge in [-0.1, -0.05) is 11.6 Å². The van der Waals surface area contributed by atoms with Gasteiger partial charge in [-0.05, 0) is 18.2 Å². The lowest BCUT2D eigenvalue weighted by molar-refractivity contribution is -0.145. The Bertz CT molecular complexity index is 1250. The molecule has 2 aromatic rings. The van der Waals surface area contributed by atoms with Crippen LogP contribution in [0.5, 0.6) is 0 Å². The van der Waals surface area contributed by atoms with Gasteiger partial charge < -0.3 is 14.7 Å². The van der Waals surface area contributed by atoms with Crippen molar-refractivity contribution in [2.24, 2.45) is 0 Å². The van der Waals surface area contributed by atoms with Crippen LogP contribution in [0.15, 0.2) is 24.4 Å². The molecule has 2 aliphatic rings. The maximum absolute atomic E-state index is 15.7. The van der Waals surface area contributed by atoms with Crippen LogP contribution < -0.4 is 4.90 Å². The van der Waals surface area contributed by atoms with Crippen molar-refractivity contribution < 1.29 is 22.4 Å². The number of alkyl halides is 4. The number of carbonyl (C=O) groups excluding carboxylic acids is 1. The van der Waals surface area contributed by atoms with Crippen LogP contribution in [-0.4, -0.2) is 76.9 Å². The van der Waals surface area contributed by atoms with E-state index in [9.17, 15) is 23.2 Å². The molecule has 2 saturated heterocycles. The summed E-state index contributed by atoms with van der Waals surface area (Å²) in [6, 6.07) is 7.14. The van der Waals surface area contributed by atoms with Crippen LogP contribution in [0.25, 0.3) is 10.9 Å². The number of piperazine rings is 1. The second-order valence-electron chi connectivity index (χ2n) is 8.42. The highest BCUT2D eigenvalue weighted by molar-refractivity contribution is 6.31. The number of halogens is 5. The largest absolute Gasteiger partial charge is 0.449 e. The molecule has 0 radical (unpaired) electrons. The van der Waals surface area contributed by atoms with E-state index in [-0.39, 0.29) is 38.0 Å². The molecular formula is C22H20ClF4N7O. The molecule has 2 aliphatic heterocycles. The number of rotatable bonds is 2. The number of fused-ring (bicyclic) bond motifs is 1. The molecule has 0 saturated carbocycles. The summed E-state index contributed by atoms with van der Waals surface area (Å²) in [4.78, 5) is 20.5. The fourth-order valence-corrected chi connectivity index (χ4v) is 4.60. The first kappa shape index (κ1) is 24.7. The Morgan fingerprint density at radius 1 is 1.20 bits per heavy atom.